The van der Waals surface area contributed by atoms with Crippen LogP contribution in [-0.2, 0) is 0 Å². The molecule has 0 N–H and O–H groups in total. The van der Waals surface area contributed by atoms with Crippen molar-refractivity contribution in [3.05, 3.63) is 60.2 Å². The van der Waals surface area contributed by atoms with Gasteiger partial charge in [0.2, 0.25) is 0 Å². The van der Waals surface area contributed by atoms with Gasteiger partial charge in [-0.2, -0.15) is 0 Å². The number of para-hydroxylation sites is 1. The molecule has 6 heteroatoms. The second kappa shape index (κ2) is 7.31. The van der Waals surface area contributed by atoms with E-state index in [1.807, 2.05) is 54.3 Å². The van der Waals surface area contributed by atoms with Gasteiger partial charge in [-0.25, -0.2) is 15.0 Å². The number of pyridine rings is 1. The van der Waals surface area contributed by atoms with Gasteiger partial charge in [-0.1, -0.05) is 24.3 Å². The van der Waals surface area contributed by atoms with Crippen LogP contribution in [0.1, 0.15) is 29.0 Å². The number of anilines is 1. The van der Waals surface area contributed by atoms with Crippen molar-refractivity contribution in [2.24, 2.45) is 0 Å². The van der Waals surface area contributed by atoms with Crippen LogP contribution in [0.2, 0.25) is 0 Å². The summed E-state index contributed by atoms with van der Waals surface area (Å²) in [6.07, 6.45) is 3.43. The van der Waals surface area contributed by atoms with E-state index in [2.05, 4.69) is 26.9 Å². The zero-order valence-corrected chi connectivity index (χ0v) is 15.7. The van der Waals surface area contributed by atoms with Crippen molar-refractivity contribution in [3.63, 3.8) is 0 Å². The quantitative estimate of drug-likeness (QED) is 0.717. The van der Waals surface area contributed by atoms with E-state index < -0.39 is 0 Å². The van der Waals surface area contributed by atoms with Crippen LogP contribution in [0.3, 0.4) is 0 Å². The first-order valence-corrected chi connectivity index (χ1v) is 9.28. The number of carbonyl (C=O) groups excluding carboxylic acids is 1. The summed E-state index contributed by atoms with van der Waals surface area (Å²) in [5, 5.41) is 1.05. The summed E-state index contributed by atoms with van der Waals surface area (Å²) in [5.74, 6) is 0.947. The molecular formula is C21H23N5O. The number of likely N-dealkylation sites (tertiary alicyclic amines) is 1. The van der Waals surface area contributed by atoms with Gasteiger partial charge in [-0.15, -0.1) is 0 Å². The number of aryl methyl sites for hydroxylation is 1. The maximum absolute atomic E-state index is 12.9. The summed E-state index contributed by atoms with van der Waals surface area (Å²) >= 11 is 0. The summed E-state index contributed by atoms with van der Waals surface area (Å²) < 4.78 is 0. The Hall–Kier alpha value is -3.02. The number of piperidine rings is 1. The highest BCUT2D eigenvalue weighted by Crippen LogP contribution is 2.22. The number of rotatable bonds is 3. The van der Waals surface area contributed by atoms with Gasteiger partial charge < -0.3 is 9.80 Å². The molecule has 0 saturated carbocycles. The van der Waals surface area contributed by atoms with E-state index in [-0.39, 0.29) is 5.91 Å². The van der Waals surface area contributed by atoms with Gasteiger partial charge >= 0.3 is 0 Å². The van der Waals surface area contributed by atoms with Crippen molar-refractivity contribution >= 4 is 22.6 Å². The third kappa shape index (κ3) is 3.60. The molecule has 3 aromatic rings. The van der Waals surface area contributed by atoms with Crippen molar-refractivity contribution in [1.82, 2.24) is 19.9 Å². The normalized spacial score (nSPS) is 15.1. The standard InChI is InChI=1S/C21H23N5O/c1-15-13-20(23-14-22-15)25(2)17-9-11-26(12-10-17)21(27)19-8-7-16-5-3-4-6-18(16)24-19/h3-8,13-14,17H,9-12H2,1-2H3. The molecule has 0 spiro atoms. The average Bonchev–Trinajstić information content (AvgIpc) is 2.72. The number of nitrogens with zero attached hydrogens (tertiary/aromatic N) is 5. The monoisotopic (exact) mass is 361 g/mol. The first-order chi connectivity index (χ1) is 13.1. The molecule has 2 aromatic heterocycles. The summed E-state index contributed by atoms with van der Waals surface area (Å²) in [6, 6.07) is 14.0. The fraction of sp³-hybridized carbons (Fsp3) is 0.333. The SMILES string of the molecule is Cc1cc(N(C)C2CCN(C(=O)c3ccc4ccccc4n3)CC2)ncn1. The van der Waals surface area contributed by atoms with E-state index in [9.17, 15) is 4.79 Å². The van der Waals surface area contributed by atoms with Gasteiger partial charge in [0.15, 0.2) is 0 Å². The van der Waals surface area contributed by atoms with E-state index in [4.69, 9.17) is 0 Å². The molecule has 4 rings (SSSR count). The third-order valence-electron chi connectivity index (χ3n) is 5.27. The minimum Gasteiger partial charge on any atom is -0.356 e. The molecular weight excluding hydrogens is 338 g/mol. The van der Waals surface area contributed by atoms with Gasteiger partial charge in [-0.05, 0) is 31.9 Å². The number of carbonyl (C=O) groups is 1. The lowest BCUT2D eigenvalue weighted by atomic mass is 10.0. The lowest BCUT2D eigenvalue weighted by Crippen LogP contribution is -2.46. The third-order valence-corrected chi connectivity index (χ3v) is 5.27. The molecule has 0 radical (unpaired) electrons. The first-order valence-electron chi connectivity index (χ1n) is 9.28. The van der Waals surface area contributed by atoms with Crippen LogP contribution in [0.15, 0.2) is 48.8 Å². The Morgan fingerprint density at radius 3 is 2.67 bits per heavy atom. The molecule has 6 nitrogen and oxygen atoms in total. The van der Waals surface area contributed by atoms with Crippen molar-refractivity contribution in [2.75, 3.05) is 25.0 Å². The van der Waals surface area contributed by atoms with Gasteiger partial charge in [-0.3, -0.25) is 4.79 Å². The molecule has 1 amide bonds. The second-order valence-electron chi connectivity index (χ2n) is 7.04. The molecule has 138 valence electrons. The Bertz CT molecular complexity index is 965. The number of amides is 1. The van der Waals surface area contributed by atoms with Crippen LogP contribution in [0.5, 0.6) is 0 Å². The van der Waals surface area contributed by atoms with Crippen LogP contribution < -0.4 is 4.90 Å². The minimum absolute atomic E-state index is 0.0136. The Kier molecular flexibility index (Phi) is 4.71. The lowest BCUT2D eigenvalue weighted by Gasteiger charge is -2.37. The Balaban J connectivity index is 1.43. The number of aromatic nitrogens is 3. The highest BCUT2D eigenvalue weighted by atomic mass is 16.2. The second-order valence-corrected chi connectivity index (χ2v) is 7.04. The van der Waals surface area contributed by atoms with E-state index in [1.165, 1.54) is 0 Å². The van der Waals surface area contributed by atoms with Gasteiger partial charge in [0.25, 0.3) is 5.91 Å². The predicted molar refractivity (Wildman–Crippen MR) is 106 cm³/mol. The number of hydrogen-bond acceptors (Lipinski definition) is 5. The molecule has 1 aliphatic rings. The minimum atomic E-state index is 0.0136. The number of benzene rings is 1. The molecule has 1 aliphatic heterocycles. The topological polar surface area (TPSA) is 62.2 Å². The summed E-state index contributed by atoms with van der Waals surface area (Å²) in [6.45, 7) is 3.43. The van der Waals surface area contributed by atoms with Crippen molar-refractivity contribution in [1.29, 1.82) is 0 Å². The van der Waals surface area contributed by atoms with Gasteiger partial charge in [0.05, 0.1) is 5.52 Å². The van der Waals surface area contributed by atoms with E-state index in [1.54, 1.807) is 6.33 Å². The van der Waals surface area contributed by atoms with Crippen LogP contribution in [-0.4, -0.2) is 51.9 Å². The summed E-state index contributed by atoms with van der Waals surface area (Å²) in [4.78, 5) is 30.0. The molecule has 1 fully saturated rings. The van der Waals surface area contributed by atoms with Crippen LogP contribution in [0.4, 0.5) is 5.82 Å². The molecule has 0 atom stereocenters. The molecule has 27 heavy (non-hydrogen) atoms. The summed E-state index contributed by atoms with van der Waals surface area (Å²) in [7, 11) is 2.06. The van der Waals surface area contributed by atoms with Gasteiger partial charge in [0, 0.05) is 43.3 Å². The fourth-order valence-corrected chi connectivity index (χ4v) is 3.62. The lowest BCUT2D eigenvalue weighted by molar-refractivity contribution is 0.0707. The summed E-state index contributed by atoms with van der Waals surface area (Å²) in [5.41, 5.74) is 2.34. The largest absolute Gasteiger partial charge is 0.356 e. The molecule has 0 aliphatic carbocycles. The molecule has 3 heterocycles. The fourth-order valence-electron chi connectivity index (χ4n) is 3.62. The number of hydrogen-bond donors (Lipinski definition) is 0. The molecule has 0 bridgehead atoms. The Morgan fingerprint density at radius 2 is 1.89 bits per heavy atom. The predicted octanol–water partition coefficient (Wildman–Crippen LogP) is 3.07. The van der Waals surface area contributed by atoms with E-state index in [0.717, 1.165) is 48.3 Å². The molecule has 1 aromatic carbocycles. The van der Waals surface area contributed by atoms with Crippen LogP contribution in [0, 0.1) is 6.92 Å². The van der Waals surface area contributed by atoms with Crippen molar-refractivity contribution in [3.8, 4) is 0 Å². The van der Waals surface area contributed by atoms with Crippen molar-refractivity contribution < 1.29 is 4.79 Å². The first kappa shape index (κ1) is 17.4. The molecule has 1 saturated heterocycles. The smallest absolute Gasteiger partial charge is 0.272 e. The van der Waals surface area contributed by atoms with E-state index >= 15 is 0 Å². The van der Waals surface area contributed by atoms with Crippen LogP contribution >= 0.6 is 0 Å². The van der Waals surface area contributed by atoms with Crippen molar-refractivity contribution in [2.45, 2.75) is 25.8 Å². The van der Waals surface area contributed by atoms with E-state index in [0.29, 0.717) is 11.7 Å². The zero-order valence-electron chi connectivity index (χ0n) is 15.7. The maximum atomic E-state index is 12.9. The Morgan fingerprint density at radius 1 is 1.11 bits per heavy atom. The number of fused-ring (bicyclic) bond motifs is 1. The average molecular weight is 361 g/mol. The zero-order chi connectivity index (χ0) is 18.8. The highest BCUT2D eigenvalue weighted by Gasteiger charge is 2.27. The highest BCUT2D eigenvalue weighted by molar-refractivity contribution is 5.95. The van der Waals surface area contributed by atoms with Gasteiger partial charge in [0.1, 0.15) is 17.8 Å². The Labute approximate surface area is 158 Å². The van der Waals surface area contributed by atoms with Crippen LogP contribution in [0.25, 0.3) is 10.9 Å². The maximum Gasteiger partial charge on any atom is 0.272 e. The molecule has 0 unspecified atom stereocenters.